The molecule has 6 heteroatoms. The molecular weight excluding hydrogens is 374 g/mol. The molecule has 1 heterocycles. The first-order valence-electron chi connectivity index (χ1n) is 9.77. The molecule has 1 aliphatic heterocycles. The van der Waals surface area contributed by atoms with Crippen LogP contribution in [0.2, 0.25) is 0 Å². The Bertz CT molecular complexity index is 1180. The molecule has 2 aliphatic rings. The molecule has 2 aromatic rings. The summed E-state index contributed by atoms with van der Waals surface area (Å²) in [5.41, 5.74) is -0.298. The van der Waals surface area contributed by atoms with Gasteiger partial charge in [0, 0.05) is 30.5 Å². The van der Waals surface area contributed by atoms with Gasteiger partial charge in [-0.1, -0.05) is 36.4 Å². The van der Waals surface area contributed by atoms with E-state index in [9.17, 15) is 15.8 Å². The van der Waals surface area contributed by atoms with Crippen LogP contribution in [0.5, 0.6) is 5.75 Å². The number of benzene rings is 2. The molecule has 0 bridgehead atoms. The Labute approximate surface area is 175 Å². The van der Waals surface area contributed by atoms with Crippen molar-refractivity contribution in [3.8, 4) is 24.0 Å². The number of rotatable bonds is 2. The van der Waals surface area contributed by atoms with Crippen molar-refractivity contribution in [1.29, 1.82) is 21.2 Å². The third kappa shape index (κ3) is 2.61. The van der Waals surface area contributed by atoms with Crippen LogP contribution < -0.4 is 4.74 Å². The second-order valence-corrected chi connectivity index (χ2v) is 7.92. The molecule has 1 N–H and O–H groups in total. The lowest BCUT2D eigenvalue weighted by Gasteiger charge is -2.47. The molecule has 0 aromatic heterocycles. The fraction of sp³-hybridized carbons (Fsp3) is 0.333. The molecular formula is C24H21N5O. The number of nitrogens with zero attached hydrogens (tertiary/aromatic N) is 4. The van der Waals surface area contributed by atoms with Crippen LogP contribution in [0.3, 0.4) is 0 Å². The summed E-state index contributed by atoms with van der Waals surface area (Å²) in [7, 11) is 3.55. The predicted octanol–water partition coefficient (Wildman–Crippen LogP) is 3.63. The average molecular weight is 395 g/mol. The van der Waals surface area contributed by atoms with Crippen molar-refractivity contribution in [3.05, 3.63) is 53.6 Å². The Morgan fingerprint density at radius 3 is 2.53 bits per heavy atom. The summed E-state index contributed by atoms with van der Waals surface area (Å²) in [4.78, 5) is 2.11. The van der Waals surface area contributed by atoms with Gasteiger partial charge >= 0.3 is 0 Å². The summed E-state index contributed by atoms with van der Waals surface area (Å²) >= 11 is 0. The minimum Gasteiger partial charge on any atom is -0.496 e. The lowest BCUT2D eigenvalue weighted by molar-refractivity contribution is 0.233. The van der Waals surface area contributed by atoms with Gasteiger partial charge in [0.05, 0.1) is 31.0 Å². The molecule has 148 valence electrons. The number of nitriles is 3. The van der Waals surface area contributed by atoms with Crippen molar-refractivity contribution in [2.45, 2.75) is 5.92 Å². The van der Waals surface area contributed by atoms with Gasteiger partial charge in [-0.15, -0.1) is 0 Å². The van der Waals surface area contributed by atoms with Crippen molar-refractivity contribution in [2.24, 2.45) is 17.3 Å². The highest BCUT2D eigenvalue weighted by Crippen LogP contribution is 2.56. The first-order valence-corrected chi connectivity index (χ1v) is 9.77. The van der Waals surface area contributed by atoms with Crippen molar-refractivity contribution >= 4 is 16.5 Å². The molecule has 1 unspecified atom stereocenters. The Hall–Kier alpha value is -3.66. The number of methoxy groups -OCH3 is 1. The topological polar surface area (TPSA) is 108 Å². The molecule has 30 heavy (non-hydrogen) atoms. The number of hydrogen-bond donors (Lipinski definition) is 1. The van der Waals surface area contributed by atoms with Gasteiger partial charge in [0.1, 0.15) is 11.7 Å². The minimum absolute atomic E-state index is 0.137. The summed E-state index contributed by atoms with van der Waals surface area (Å²) < 4.78 is 5.70. The SMILES string of the molecule is COc1ccc2ccccc2c1[C@H]1[C@H]2CN(C)CC=C2C(C#N)C(=N)C1(C#N)C#N. The zero-order valence-electron chi connectivity index (χ0n) is 16.9. The van der Waals surface area contributed by atoms with E-state index in [4.69, 9.17) is 10.1 Å². The molecule has 1 saturated carbocycles. The van der Waals surface area contributed by atoms with Gasteiger partial charge in [0.2, 0.25) is 0 Å². The normalized spacial score (nSPS) is 25.4. The molecule has 0 saturated heterocycles. The van der Waals surface area contributed by atoms with Crippen LogP contribution in [0.15, 0.2) is 48.0 Å². The number of nitrogens with one attached hydrogen (secondary N) is 1. The molecule has 3 atom stereocenters. The van der Waals surface area contributed by atoms with Gasteiger partial charge in [0.15, 0.2) is 5.41 Å². The Kier molecular flexibility index (Phi) is 4.78. The summed E-state index contributed by atoms with van der Waals surface area (Å²) in [6.07, 6.45) is 1.99. The van der Waals surface area contributed by atoms with E-state index in [1.54, 1.807) is 7.11 Å². The van der Waals surface area contributed by atoms with Crippen molar-refractivity contribution in [1.82, 2.24) is 4.90 Å². The lowest BCUT2D eigenvalue weighted by atomic mass is 9.54. The van der Waals surface area contributed by atoms with Gasteiger partial charge < -0.3 is 15.0 Å². The molecule has 0 spiro atoms. The standard InChI is InChI=1S/C24H21N5O/c1-29-10-9-17-18(11-25)23(28)24(13-26,14-27)22(19(17)12-29)21-16-6-4-3-5-15(16)7-8-20(21)30-2/h3-9,18-19,22,28H,10,12H2,1-2H3/t18?,19-,22+/m0/s1. The highest BCUT2D eigenvalue weighted by atomic mass is 16.5. The molecule has 4 rings (SSSR count). The van der Waals surface area contributed by atoms with Crippen molar-refractivity contribution in [2.75, 3.05) is 27.2 Å². The molecule has 1 fully saturated rings. The first-order chi connectivity index (χ1) is 14.5. The van der Waals surface area contributed by atoms with Gasteiger partial charge in [-0.05, 0) is 29.5 Å². The van der Waals surface area contributed by atoms with Gasteiger partial charge in [-0.25, -0.2) is 0 Å². The van der Waals surface area contributed by atoms with E-state index in [0.717, 1.165) is 21.9 Å². The Morgan fingerprint density at radius 2 is 1.87 bits per heavy atom. The maximum Gasteiger partial charge on any atom is 0.189 e. The van der Waals surface area contributed by atoms with Crippen LogP contribution in [-0.4, -0.2) is 37.9 Å². The van der Waals surface area contributed by atoms with Crippen LogP contribution in [0, 0.1) is 56.7 Å². The summed E-state index contributed by atoms with van der Waals surface area (Å²) in [6.45, 7) is 1.27. The Balaban J connectivity index is 2.10. The predicted molar refractivity (Wildman–Crippen MR) is 113 cm³/mol. The van der Waals surface area contributed by atoms with Gasteiger partial charge in [0.25, 0.3) is 0 Å². The molecule has 1 aliphatic carbocycles. The second-order valence-electron chi connectivity index (χ2n) is 7.92. The van der Waals surface area contributed by atoms with E-state index in [-0.39, 0.29) is 11.6 Å². The van der Waals surface area contributed by atoms with E-state index in [2.05, 4.69) is 23.1 Å². The highest BCUT2D eigenvalue weighted by molar-refractivity contribution is 6.02. The monoisotopic (exact) mass is 395 g/mol. The first kappa shape index (κ1) is 19.6. The maximum absolute atomic E-state index is 10.3. The van der Waals surface area contributed by atoms with E-state index in [1.807, 2.05) is 49.5 Å². The van der Waals surface area contributed by atoms with E-state index in [0.29, 0.717) is 18.8 Å². The van der Waals surface area contributed by atoms with Gasteiger partial charge in [-0.3, -0.25) is 0 Å². The van der Waals surface area contributed by atoms with Gasteiger partial charge in [-0.2, -0.15) is 15.8 Å². The van der Waals surface area contributed by atoms with E-state index in [1.165, 1.54) is 0 Å². The summed E-state index contributed by atoms with van der Waals surface area (Å²) in [5, 5.41) is 41.0. The van der Waals surface area contributed by atoms with Crippen molar-refractivity contribution < 1.29 is 4.74 Å². The third-order valence-electron chi connectivity index (χ3n) is 6.43. The second kappa shape index (κ2) is 7.30. The lowest BCUT2D eigenvalue weighted by Crippen LogP contribution is -2.52. The van der Waals surface area contributed by atoms with Crippen LogP contribution in [-0.2, 0) is 0 Å². The smallest absolute Gasteiger partial charge is 0.189 e. The minimum atomic E-state index is -1.75. The van der Waals surface area contributed by atoms with E-state index >= 15 is 0 Å². The Morgan fingerprint density at radius 1 is 1.13 bits per heavy atom. The molecule has 0 amide bonds. The largest absolute Gasteiger partial charge is 0.496 e. The van der Waals surface area contributed by atoms with Crippen LogP contribution >= 0.6 is 0 Å². The van der Waals surface area contributed by atoms with Crippen LogP contribution in [0.4, 0.5) is 0 Å². The maximum atomic E-state index is 10.3. The molecule has 6 nitrogen and oxygen atoms in total. The summed E-state index contributed by atoms with van der Waals surface area (Å²) in [6, 6.07) is 18.1. The fourth-order valence-electron chi connectivity index (χ4n) is 5.04. The number of hydrogen-bond acceptors (Lipinski definition) is 6. The zero-order valence-corrected chi connectivity index (χ0v) is 16.9. The third-order valence-corrected chi connectivity index (χ3v) is 6.43. The highest BCUT2D eigenvalue weighted by Gasteiger charge is 2.58. The number of likely N-dealkylation sites (N-methyl/N-ethyl adjacent to an activating group) is 1. The van der Waals surface area contributed by atoms with Crippen molar-refractivity contribution in [3.63, 3.8) is 0 Å². The average Bonchev–Trinajstić information content (AvgIpc) is 2.78. The number of fused-ring (bicyclic) bond motifs is 2. The summed E-state index contributed by atoms with van der Waals surface area (Å²) in [5.74, 6) is -1.15. The molecule has 2 aromatic carbocycles. The van der Waals surface area contributed by atoms with E-state index < -0.39 is 17.3 Å². The van der Waals surface area contributed by atoms with Crippen LogP contribution in [0.1, 0.15) is 11.5 Å². The number of ether oxygens (including phenoxy) is 1. The zero-order chi connectivity index (χ0) is 21.5. The fourth-order valence-corrected chi connectivity index (χ4v) is 5.04. The molecule has 0 radical (unpaired) electrons. The van der Waals surface area contributed by atoms with Crippen LogP contribution in [0.25, 0.3) is 10.8 Å². The quantitative estimate of drug-likeness (QED) is 0.781.